The fraction of sp³-hybridized carbons (Fsp3) is 0.368. The lowest BCUT2D eigenvalue weighted by Crippen LogP contribution is -2.37. The largest absolute Gasteiger partial charge is 0.332 e. The van der Waals surface area contributed by atoms with E-state index in [9.17, 15) is 14.4 Å². The predicted molar refractivity (Wildman–Crippen MR) is 104 cm³/mol. The quantitative estimate of drug-likeness (QED) is 0.739. The number of aromatic nitrogens is 4. The van der Waals surface area contributed by atoms with E-state index in [0.29, 0.717) is 5.92 Å². The van der Waals surface area contributed by atoms with Gasteiger partial charge in [-0.1, -0.05) is 32.0 Å². The number of para-hydroxylation sites is 1. The first kappa shape index (κ1) is 18.6. The summed E-state index contributed by atoms with van der Waals surface area (Å²) in [6.07, 6.45) is 2.37. The van der Waals surface area contributed by atoms with Crippen molar-refractivity contribution in [1.29, 1.82) is 0 Å². The normalized spacial score (nSPS) is 12.3. The number of fused-ring (bicyclic) bond motifs is 1. The van der Waals surface area contributed by atoms with E-state index in [1.807, 2.05) is 24.3 Å². The van der Waals surface area contributed by atoms with Crippen LogP contribution in [-0.2, 0) is 25.4 Å². The molecule has 0 unspecified atom stereocenters. The van der Waals surface area contributed by atoms with Gasteiger partial charge in [-0.05, 0) is 24.0 Å². The first-order chi connectivity index (χ1) is 12.8. The van der Waals surface area contributed by atoms with Crippen LogP contribution in [0.15, 0.2) is 40.2 Å². The molecule has 3 rings (SSSR count). The molecule has 2 heterocycles. The van der Waals surface area contributed by atoms with E-state index in [4.69, 9.17) is 0 Å². The molecule has 0 aliphatic rings. The minimum Gasteiger partial charge on any atom is -0.324 e. The summed E-state index contributed by atoms with van der Waals surface area (Å²) in [6, 6.07) is 7.69. The molecule has 1 aromatic carbocycles. The standard InChI is InChI=1S/C19H23N5O3/c1-5-12(2)13-8-6-7-9-14(13)21-15(25)10-24-11-20-17-16(24)18(26)23(4)19(27)22(17)3/h6-9,11-12H,5,10H2,1-4H3,(H,21,25)/t12-/m0/s1. The van der Waals surface area contributed by atoms with Crippen molar-refractivity contribution in [3.05, 3.63) is 57.0 Å². The van der Waals surface area contributed by atoms with Crippen LogP contribution in [0.25, 0.3) is 11.2 Å². The molecule has 142 valence electrons. The zero-order chi connectivity index (χ0) is 19.7. The molecular formula is C19H23N5O3. The number of hydrogen-bond acceptors (Lipinski definition) is 4. The number of hydrogen-bond donors (Lipinski definition) is 1. The minimum atomic E-state index is -0.474. The molecular weight excluding hydrogens is 346 g/mol. The van der Waals surface area contributed by atoms with Gasteiger partial charge in [-0.25, -0.2) is 9.78 Å². The first-order valence-electron chi connectivity index (χ1n) is 8.84. The maximum Gasteiger partial charge on any atom is 0.332 e. The van der Waals surface area contributed by atoms with Crippen LogP contribution in [-0.4, -0.2) is 24.6 Å². The fourth-order valence-corrected chi connectivity index (χ4v) is 3.12. The Hall–Kier alpha value is -3.16. The van der Waals surface area contributed by atoms with Crippen LogP contribution < -0.4 is 16.6 Å². The van der Waals surface area contributed by atoms with E-state index in [-0.39, 0.29) is 23.6 Å². The smallest absolute Gasteiger partial charge is 0.324 e. The van der Waals surface area contributed by atoms with Crippen molar-refractivity contribution in [3.8, 4) is 0 Å². The van der Waals surface area contributed by atoms with Crippen molar-refractivity contribution in [2.45, 2.75) is 32.7 Å². The molecule has 0 aliphatic carbocycles. The number of nitrogens with zero attached hydrogens (tertiary/aromatic N) is 4. The van der Waals surface area contributed by atoms with Crippen LogP contribution in [0.5, 0.6) is 0 Å². The maximum atomic E-state index is 12.6. The molecule has 1 atom stereocenters. The van der Waals surface area contributed by atoms with Crippen molar-refractivity contribution in [2.75, 3.05) is 5.32 Å². The van der Waals surface area contributed by atoms with Gasteiger partial charge in [0.15, 0.2) is 11.2 Å². The summed E-state index contributed by atoms with van der Waals surface area (Å²) in [5, 5.41) is 2.92. The number of amides is 1. The molecule has 8 nitrogen and oxygen atoms in total. The molecule has 0 saturated heterocycles. The van der Waals surface area contributed by atoms with Gasteiger partial charge in [-0.2, -0.15) is 0 Å². The summed E-state index contributed by atoms with van der Waals surface area (Å²) >= 11 is 0. The van der Waals surface area contributed by atoms with Gasteiger partial charge in [0.2, 0.25) is 5.91 Å². The summed E-state index contributed by atoms with van der Waals surface area (Å²) in [5.74, 6) is 0.0540. The lowest BCUT2D eigenvalue weighted by molar-refractivity contribution is -0.116. The Morgan fingerprint density at radius 3 is 2.59 bits per heavy atom. The van der Waals surface area contributed by atoms with Crippen molar-refractivity contribution >= 4 is 22.8 Å². The van der Waals surface area contributed by atoms with E-state index in [1.165, 1.54) is 22.5 Å². The molecule has 0 saturated carbocycles. The third-order valence-electron chi connectivity index (χ3n) is 4.91. The Kier molecular flexibility index (Phi) is 4.98. The van der Waals surface area contributed by atoms with Crippen LogP contribution in [0.4, 0.5) is 5.69 Å². The number of nitrogens with one attached hydrogen (secondary N) is 1. The Morgan fingerprint density at radius 2 is 1.89 bits per heavy atom. The summed E-state index contributed by atoms with van der Waals surface area (Å²) in [7, 11) is 2.95. The third-order valence-corrected chi connectivity index (χ3v) is 4.91. The number of anilines is 1. The van der Waals surface area contributed by atoms with Gasteiger partial charge in [-0.15, -0.1) is 0 Å². The molecule has 0 aliphatic heterocycles. The van der Waals surface area contributed by atoms with Crippen LogP contribution in [0.1, 0.15) is 31.7 Å². The molecule has 0 spiro atoms. The lowest BCUT2D eigenvalue weighted by atomic mass is 9.97. The first-order valence-corrected chi connectivity index (χ1v) is 8.84. The highest BCUT2D eigenvalue weighted by molar-refractivity contribution is 5.92. The van der Waals surface area contributed by atoms with E-state index >= 15 is 0 Å². The zero-order valence-electron chi connectivity index (χ0n) is 15.9. The van der Waals surface area contributed by atoms with Gasteiger partial charge in [0, 0.05) is 19.8 Å². The maximum absolute atomic E-state index is 12.6. The number of imidazole rings is 1. The Balaban J connectivity index is 1.93. The summed E-state index contributed by atoms with van der Waals surface area (Å²) in [5.41, 5.74) is 1.40. The number of rotatable bonds is 5. The number of carbonyl (C=O) groups excluding carboxylic acids is 1. The van der Waals surface area contributed by atoms with Gasteiger partial charge < -0.3 is 9.88 Å². The van der Waals surface area contributed by atoms with Gasteiger partial charge >= 0.3 is 5.69 Å². The van der Waals surface area contributed by atoms with Crippen LogP contribution in [0, 0.1) is 0 Å². The average molecular weight is 369 g/mol. The number of carbonyl (C=O) groups is 1. The monoisotopic (exact) mass is 369 g/mol. The fourth-order valence-electron chi connectivity index (χ4n) is 3.12. The SMILES string of the molecule is CC[C@H](C)c1ccccc1NC(=O)Cn1cnc2c1c(=O)n(C)c(=O)n2C. The molecule has 0 radical (unpaired) electrons. The van der Waals surface area contributed by atoms with E-state index in [1.54, 1.807) is 7.05 Å². The minimum absolute atomic E-state index is 0.0707. The molecule has 8 heteroatoms. The molecule has 3 aromatic rings. The second-order valence-corrected chi connectivity index (χ2v) is 6.70. The van der Waals surface area contributed by atoms with E-state index < -0.39 is 11.2 Å². The van der Waals surface area contributed by atoms with Gasteiger partial charge in [0.25, 0.3) is 5.56 Å². The second-order valence-electron chi connectivity index (χ2n) is 6.70. The summed E-state index contributed by atoms with van der Waals surface area (Å²) in [6.45, 7) is 4.14. The van der Waals surface area contributed by atoms with Gasteiger partial charge in [-0.3, -0.25) is 18.7 Å². The third kappa shape index (κ3) is 3.30. The van der Waals surface area contributed by atoms with Crippen molar-refractivity contribution < 1.29 is 4.79 Å². The predicted octanol–water partition coefficient (Wildman–Crippen LogP) is 1.59. The number of aryl methyl sites for hydroxylation is 1. The highest BCUT2D eigenvalue weighted by Crippen LogP contribution is 2.26. The second kappa shape index (κ2) is 7.22. The van der Waals surface area contributed by atoms with Crippen molar-refractivity contribution in [1.82, 2.24) is 18.7 Å². The van der Waals surface area contributed by atoms with Crippen LogP contribution in [0.3, 0.4) is 0 Å². The topological polar surface area (TPSA) is 90.9 Å². The molecule has 0 fully saturated rings. The highest BCUT2D eigenvalue weighted by atomic mass is 16.2. The Morgan fingerprint density at radius 1 is 1.19 bits per heavy atom. The van der Waals surface area contributed by atoms with Crippen LogP contribution >= 0.6 is 0 Å². The molecule has 1 amide bonds. The van der Waals surface area contributed by atoms with Crippen molar-refractivity contribution in [2.24, 2.45) is 14.1 Å². The van der Waals surface area contributed by atoms with E-state index in [0.717, 1.165) is 22.2 Å². The summed E-state index contributed by atoms with van der Waals surface area (Å²) in [4.78, 5) is 41.2. The number of benzene rings is 1. The zero-order valence-corrected chi connectivity index (χ0v) is 15.9. The molecule has 2 aromatic heterocycles. The van der Waals surface area contributed by atoms with Crippen LogP contribution in [0.2, 0.25) is 0 Å². The average Bonchev–Trinajstić information content (AvgIpc) is 3.08. The Bertz CT molecular complexity index is 1120. The van der Waals surface area contributed by atoms with Gasteiger partial charge in [0.05, 0.1) is 6.33 Å². The molecule has 27 heavy (non-hydrogen) atoms. The molecule has 0 bridgehead atoms. The lowest BCUT2D eigenvalue weighted by Gasteiger charge is -2.15. The van der Waals surface area contributed by atoms with Gasteiger partial charge in [0.1, 0.15) is 6.54 Å². The highest BCUT2D eigenvalue weighted by Gasteiger charge is 2.17. The Labute approximate surface area is 156 Å². The van der Waals surface area contributed by atoms with E-state index in [2.05, 4.69) is 24.1 Å². The summed E-state index contributed by atoms with van der Waals surface area (Å²) < 4.78 is 3.78. The molecule has 1 N–H and O–H groups in total. The van der Waals surface area contributed by atoms with Crippen molar-refractivity contribution in [3.63, 3.8) is 0 Å².